The second-order valence-corrected chi connectivity index (χ2v) is 8.30. The number of hydroxylamine groups is 2. The monoisotopic (exact) mass is 415 g/mol. The van der Waals surface area contributed by atoms with E-state index in [9.17, 15) is 5.21 Å². The molecule has 31 heavy (non-hydrogen) atoms. The first-order valence-electron chi connectivity index (χ1n) is 10.7. The first-order valence-corrected chi connectivity index (χ1v) is 10.7. The number of H-pyrrole nitrogens is 1. The Morgan fingerprint density at radius 1 is 1.03 bits per heavy atom. The molecule has 4 aromatic rings. The van der Waals surface area contributed by atoms with Crippen LogP contribution in [0.5, 0.6) is 5.88 Å². The topological polar surface area (TPSA) is 86.8 Å². The summed E-state index contributed by atoms with van der Waals surface area (Å²) in [6.45, 7) is 5.12. The van der Waals surface area contributed by atoms with Crippen LogP contribution in [0, 0.1) is 5.21 Å². The zero-order chi connectivity index (χ0) is 21.4. The number of nitrogens with zero attached hydrogens (tertiary/aromatic N) is 4. The van der Waals surface area contributed by atoms with Crippen LogP contribution < -0.4 is 9.38 Å². The number of fused-ring (bicyclic) bond motifs is 1. The molecular weight excluding hydrogens is 390 g/mol. The van der Waals surface area contributed by atoms with E-state index < -0.39 is 0 Å². The van der Waals surface area contributed by atoms with Gasteiger partial charge in [0.15, 0.2) is 0 Å². The lowest BCUT2D eigenvalue weighted by Gasteiger charge is -2.36. The number of aromatic amines is 1. The van der Waals surface area contributed by atoms with Crippen LogP contribution in [0.25, 0.3) is 33.4 Å². The fourth-order valence-electron chi connectivity index (χ4n) is 4.15. The molecule has 0 bridgehead atoms. The highest BCUT2D eigenvalue weighted by molar-refractivity contribution is 5.97. The van der Waals surface area contributed by atoms with E-state index in [0.29, 0.717) is 24.8 Å². The SMILES string of the molecule is CC(C)Oc1cncc(-c2ccc3[nH]cc(-c4cccc([N+]5([O-])CCCC5)n4)c3c2)n1. The number of hydrogen-bond acceptors (Lipinski definition) is 5. The fourth-order valence-corrected chi connectivity index (χ4v) is 4.15. The van der Waals surface area contributed by atoms with Crippen LogP contribution in [0.15, 0.2) is 55.0 Å². The van der Waals surface area contributed by atoms with Crippen molar-refractivity contribution in [2.45, 2.75) is 32.8 Å². The molecule has 0 radical (unpaired) electrons. The number of nitrogens with one attached hydrogen (secondary N) is 1. The highest BCUT2D eigenvalue weighted by Crippen LogP contribution is 2.33. The van der Waals surface area contributed by atoms with Crippen LogP contribution >= 0.6 is 0 Å². The molecule has 1 fully saturated rings. The minimum absolute atomic E-state index is 0.0317. The molecule has 0 atom stereocenters. The Bertz CT molecular complexity index is 1230. The smallest absolute Gasteiger partial charge is 0.233 e. The van der Waals surface area contributed by atoms with Gasteiger partial charge in [-0.15, -0.1) is 0 Å². The van der Waals surface area contributed by atoms with Crippen molar-refractivity contribution in [3.05, 3.63) is 60.2 Å². The zero-order valence-electron chi connectivity index (χ0n) is 17.7. The van der Waals surface area contributed by atoms with Crippen molar-refractivity contribution in [2.24, 2.45) is 0 Å². The Kier molecular flexibility index (Phi) is 4.92. The molecular formula is C24H25N5O2. The van der Waals surface area contributed by atoms with Crippen molar-refractivity contribution in [2.75, 3.05) is 13.1 Å². The second kappa shape index (κ2) is 7.76. The summed E-state index contributed by atoms with van der Waals surface area (Å²) in [4.78, 5) is 17.0. The van der Waals surface area contributed by atoms with Crippen molar-refractivity contribution in [3.63, 3.8) is 0 Å². The Labute approximate surface area is 180 Å². The van der Waals surface area contributed by atoms with Crippen molar-refractivity contribution in [1.82, 2.24) is 24.6 Å². The van der Waals surface area contributed by atoms with E-state index in [0.717, 1.165) is 46.3 Å². The van der Waals surface area contributed by atoms with Crippen molar-refractivity contribution in [3.8, 4) is 28.4 Å². The van der Waals surface area contributed by atoms with E-state index in [1.807, 2.05) is 50.4 Å². The molecule has 3 aromatic heterocycles. The number of rotatable bonds is 5. The third-order valence-corrected chi connectivity index (χ3v) is 5.66. The van der Waals surface area contributed by atoms with Crippen LogP contribution in [0.4, 0.5) is 5.82 Å². The van der Waals surface area contributed by atoms with Gasteiger partial charge in [0.1, 0.15) is 0 Å². The Hall–Kier alpha value is -3.29. The molecule has 0 spiro atoms. The first-order chi connectivity index (χ1) is 15.0. The summed E-state index contributed by atoms with van der Waals surface area (Å²) in [6, 6.07) is 11.8. The van der Waals surface area contributed by atoms with E-state index in [1.54, 1.807) is 12.4 Å². The molecule has 158 valence electrons. The lowest BCUT2D eigenvalue weighted by atomic mass is 10.1. The number of hydrogen-bond donors (Lipinski definition) is 1. The van der Waals surface area contributed by atoms with Crippen molar-refractivity contribution < 1.29 is 4.74 Å². The van der Waals surface area contributed by atoms with Gasteiger partial charge >= 0.3 is 0 Å². The molecule has 7 heteroatoms. The fraction of sp³-hybridized carbons (Fsp3) is 0.292. The van der Waals surface area contributed by atoms with Crippen LogP contribution in [0.1, 0.15) is 26.7 Å². The molecule has 1 aromatic carbocycles. The summed E-state index contributed by atoms with van der Waals surface area (Å²) in [5.74, 6) is 1.09. The Morgan fingerprint density at radius 3 is 2.68 bits per heavy atom. The minimum Gasteiger partial charge on any atom is -0.626 e. The van der Waals surface area contributed by atoms with Gasteiger partial charge in [0.05, 0.1) is 43.0 Å². The standard InChI is InChI=1S/C24H25N5O2/c1-16(2)31-24-15-25-14-22(28-24)17-8-9-20-18(12-17)19(13-26-20)21-6-5-7-23(27-21)29(30)10-3-4-11-29/h5-9,12-16,26H,3-4,10-11H2,1-2H3. The maximum absolute atomic E-state index is 13.1. The van der Waals surface area contributed by atoms with Crippen molar-refractivity contribution >= 4 is 16.7 Å². The summed E-state index contributed by atoms with van der Waals surface area (Å²) in [6.07, 6.45) is 7.24. The van der Waals surface area contributed by atoms with E-state index in [4.69, 9.17) is 9.72 Å². The molecule has 0 saturated carbocycles. The molecule has 1 N–H and O–H groups in total. The minimum atomic E-state index is -0.334. The number of aromatic nitrogens is 4. The van der Waals surface area contributed by atoms with Gasteiger partial charge in [0.25, 0.3) is 0 Å². The predicted octanol–water partition coefficient (Wildman–Crippen LogP) is 5.07. The second-order valence-electron chi connectivity index (χ2n) is 8.30. The summed E-state index contributed by atoms with van der Waals surface area (Å²) in [5, 5.41) is 14.1. The van der Waals surface area contributed by atoms with Gasteiger partial charge in [0.2, 0.25) is 11.7 Å². The molecule has 0 aliphatic carbocycles. The maximum atomic E-state index is 13.1. The van der Waals surface area contributed by atoms with Gasteiger partial charge in [-0.2, -0.15) is 4.98 Å². The van der Waals surface area contributed by atoms with Crippen LogP contribution in [0.3, 0.4) is 0 Å². The van der Waals surface area contributed by atoms with E-state index in [2.05, 4.69) is 21.0 Å². The van der Waals surface area contributed by atoms with E-state index in [1.165, 1.54) is 0 Å². The van der Waals surface area contributed by atoms with E-state index >= 15 is 0 Å². The molecule has 1 aliphatic heterocycles. The number of ether oxygens (including phenoxy) is 1. The average Bonchev–Trinajstić information content (AvgIpc) is 3.40. The van der Waals surface area contributed by atoms with Crippen LogP contribution in [0.2, 0.25) is 0 Å². The average molecular weight is 415 g/mol. The predicted molar refractivity (Wildman–Crippen MR) is 122 cm³/mol. The molecule has 1 saturated heterocycles. The number of benzene rings is 1. The third kappa shape index (κ3) is 3.78. The lowest BCUT2D eigenvalue weighted by Crippen LogP contribution is -2.40. The van der Waals surface area contributed by atoms with Gasteiger partial charge in [0, 0.05) is 47.1 Å². The quantitative estimate of drug-likeness (QED) is 0.363. The van der Waals surface area contributed by atoms with Crippen molar-refractivity contribution in [1.29, 1.82) is 0 Å². The largest absolute Gasteiger partial charge is 0.626 e. The summed E-state index contributed by atoms with van der Waals surface area (Å²) in [5.41, 5.74) is 4.45. The Balaban J connectivity index is 1.55. The Morgan fingerprint density at radius 2 is 1.87 bits per heavy atom. The normalized spacial score (nSPS) is 15.6. The lowest BCUT2D eigenvalue weighted by molar-refractivity contribution is 0.232. The molecule has 4 heterocycles. The van der Waals surface area contributed by atoms with Gasteiger partial charge in [-0.1, -0.05) is 12.1 Å². The zero-order valence-corrected chi connectivity index (χ0v) is 17.7. The molecule has 0 unspecified atom stereocenters. The summed E-state index contributed by atoms with van der Waals surface area (Å²) in [7, 11) is 0. The summed E-state index contributed by atoms with van der Waals surface area (Å²) >= 11 is 0. The third-order valence-electron chi connectivity index (χ3n) is 5.66. The molecule has 1 aliphatic rings. The number of pyridine rings is 1. The highest BCUT2D eigenvalue weighted by Gasteiger charge is 2.27. The molecule has 0 amide bonds. The summed E-state index contributed by atoms with van der Waals surface area (Å²) < 4.78 is 5.36. The van der Waals surface area contributed by atoms with Gasteiger partial charge in [-0.3, -0.25) is 4.98 Å². The van der Waals surface area contributed by atoms with E-state index in [-0.39, 0.29) is 10.8 Å². The molecule has 7 nitrogen and oxygen atoms in total. The molecule has 5 rings (SSSR count). The first kappa shape index (κ1) is 19.7. The van der Waals surface area contributed by atoms with Crippen LogP contribution in [-0.4, -0.2) is 39.1 Å². The maximum Gasteiger partial charge on any atom is 0.233 e. The van der Waals surface area contributed by atoms with Gasteiger partial charge in [-0.25, -0.2) is 4.98 Å². The van der Waals surface area contributed by atoms with Crippen LogP contribution in [-0.2, 0) is 0 Å². The van der Waals surface area contributed by atoms with Gasteiger partial charge in [-0.05, 0) is 32.0 Å². The van der Waals surface area contributed by atoms with Gasteiger partial charge < -0.3 is 19.6 Å². The highest BCUT2D eigenvalue weighted by atomic mass is 16.5. The number of quaternary nitrogens is 1.